The van der Waals surface area contributed by atoms with Crippen molar-refractivity contribution in [1.82, 2.24) is 9.88 Å². The summed E-state index contributed by atoms with van der Waals surface area (Å²) in [6.07, 6.45) is 1.46. The Bertz CT molecular complexity index is 441. The van der Waals surface area contributed by atoms with Crippen LogP contribution in [0.2, 0.25) is 0 Å². The highest BCUT2D eigenvalue weighted by molar-refractivity contribution is 5.93. The first-order valence-electron chi connectivity index (χ1n) is 6.18. The van der Waals surface area contributed by atoms with Gasteiger partial charge in [0, 0.05) is 46.2 Å². The number of nitrogens with zero attached hydrogens (tertiary/aromatic N) is 2. The number of hydrogen-bond acceptors (Lipinski definition) is 5. The van der Waals surface area contributed by atoms with Crippen LogP contribution in [-0.2, 0) is 9.47 Å². The van der Waals surface area contributed by atoms with Gasteiger partial charge in [0.05, 0.1) is 0 Å². The molecule has 1 aliphatic heterocycles. The van der Waals surface area contributed by atoms with Crippen molar-refractivity contribution in [2.24, 2.45) is 0 Å². The first-order valence-corrected chi connectivity index (χ1v) is 6.18. The van der Waals surface area contributed by atoms with Gasteiger partial charge in [-0.05, 0) is 12.1 Å². The van der Waals surface area contributed by atoms with Crippen molar-refractivity contribution in [2.75, 3.05) is 39.7 Å². The Morgan fingerprint density at radius 1 is 1.37 bits per heavy atom. The van der Waals surface area contributed by atoms with Gasteiger partial charge in [0.1, 0.15) is 17.9 Å². The SMILES string of the molecule is CNc1ccnc(C(=O)N2CC(OC)C(OC)C2)c1. The van der Waals surface area contributed by atoms with Crippen LogP contribution in [0.4, 0.5) is 5.69 Å². The Morgan fingerprint density at radius 2 is 2.00 bits per heavy atom. The number of ether oxygens (including phenoxy) is 2. The summed E-state index contributed by atoms with van der Waals surface area (Å²) in [7, 11) is 5.07. The lowest BCUT2D eigenvalue weighted by Crippen LogP contribution is -2.30. The predicted molar refractivity (Wildman–Crippen MR) is 71.3 cm³/mol. The maximum absolute atomic E-state index is 12.4. The fourth-order valence-electron chi connectivity index (χ4n) is 2.23. The van der Waals surface area contributed by atoms with Gasteiger partial charge in [0.25, 0.3) is 5.91 Å². The van der Waals surface area contributed by atoms with Crippen LogP contribution in [0.3, 0.4) is 0 Å². The Kier molecular flexibility index (Phi) is 4.34. The summed E-state index contributed by atoms with van der Waals surface area (Å²) in [6, 6.07) is 3.56. The molecule has 2 heterocycles. The normalized spacial score (nSPS) is 22.6. The minimum atomic E-state index is -0.0984. The molecule has 0 aromatic carbocycles. The summed E-state index contributed by atoms with van der Waals surface area (Å²) in [5.41, 5.74) is 1.29. The molecule has 1 amide bonds. The number of carbonyl (C=O) groups is 1. The standard InChI is InChI=1S/C13H19N3O3/c1-14-9-4-5-15-10(6-9)13(17)16-7-11(18-2)12(8-16)19-3/h4-6,11-12H,7-8H2,1-3H3,(H,14,15). The lowest BCUT2D eigenvalue weighted by Gasteiger charge is -2.15. The molecule has 0 radical (unpaired) electrons. The summed E-state index contributed by atoms with van der Waals surface area (Å²) in [4.78, 5) is 18.2. The van der Waals surface area contributed by atoms with Crippen molar-refractivity contribution in [3.63, 3.8) is 0 Å². The van der Waals surface area contributed by atoms with Crippen LogP contribution >= 0.6 is 0 Å². The van der Waals surface area contributed by atoms with E-state index in [4.69, 9.17) is 9.47 Å². The van der Waals surface area contributed by atoms with Crippen LogP contribution in [0.1, 0.15) is 10.5 Å². The molecule has 2 atom stereocenters. The van der Waals surface area contributed by atoms with E-state index < -0.39 is 0 Å². The highest BCUT2D eigenvalue weighted by atomic mass is 16.5. The number of carbonyl (C=O) groups excluding carboxylic acids is 1. The smallest absolute Gasteiger partial charge is 0.272 e. The topological polar surface area (TPSA) is 63.7 Å². The molecule has 19 heavy (non-hydrogen) atoms. The number of pyridine rings is 1. The highest BCUT2D eigenvalue weighted by Gasteiger charge is 2.36. The average molecular weight is 265 g/mol. The van der Waals surface area contributed by atoms with E-state index in [1.54, 1.807) is 38.4 Å². The molecule has 1 aliphatic rings. The molecule has 0 saturated carbocycles. The molecule has 1 aromatic heterocycles. The second-order valence-electron chi connectivity index (χ2n) is 4.44. The number of methoxy groups -OCH3 is 2. The van der Waals surface area contributed by atoms with E-state index in [2.05, 4.69) is 10.3 Å². The molecule has 1 aromatic rings. The van der Waals surface area contributed by atoms with Gasteiger partial charge < -0.3 is 19.7 Å². The third kappa shape index (κ3) is 2.85. The molecule has 0 spiro atoms. The Hall–Kier alpha value is -1.66. The molecular weight excluding hydrogens is 246 g/mol. The van der Waals surface area contributed by atoms with Crippen LogP contribution in [0.5, 0.6) is 0 Å². The Labute approximate surface area is 112 Å². The third-order valence-electron chi connectivity index (χ3n) is 3.38. The largest absolute Gasteiger partial charge is 0.388 e. The Balaban J connectivity index is 2.12. The molecule has 1 saturated heterocycles. The average Bonchev–Trinajstić information content (AvgIpc) is 2.89. The van der Waals surface area contributed by atoms with E-state index in [0.29, 0.717) is 18.8 Å². The van der Waals surface area contributed by atoms with Crippen LogP contribution in [0.25, 0.3) is 0 Å². The fourth-order valence-corrected chi connectivity index (χ4v) is 2.23. The van der Waals surface area contributed by atoms with E-state index in [1.807, 2.05) is 6.07 Å². The number of rotatable bonds is 4. The summed E-state index contributed by atoms with van der Waals surface area (Å²) in [5.74, 6) is -0.0984. The summed E-state index contributed by atoms with van der Waals surface area (Å²) in [5, 5.41) is 2.99. The molecule has 6 heteroatoms. The van der Waals surface area contributed by atoms with Crippen molar-refractivity contribution < 1.29 is 14.3 Å². The van der Waals surface area contributed by atoms with E-state index in [9.17, 15) is 4.79 Å². The van der Waals surface area contributed by atoms with Gasteiger partial charge in [-0.15, -0.1) is 0 Å². The molecule has 6 nitrogen and oxygen atoms in total. The number of aromatic nitrogens is 1. The lowest BCUT2D eigenvalue weighted by molar-refractivity contribution is -0.00461. The highest BCUT2D eigenvalue weighted by Crippen LogP contribution is 2.18. The van der Waals surface area contributed by atoms with E-state index in [0.717, 1.165) is 5.69 Å². The van der Waals surface area contributed by atoms with E-state index in [-0.39, 0.29) is 18.1 Å². The number of anilines is 1. The van der Waals surface area contributed by atoms with E-state index in [1.165, 1.54) is 0 Å². The summed E-state index contributed by atoms with van der Waals surface area (Å²) in [6.45, 7) is 1.05. The monoisotopic (exact) mass is 265 g/mol. The quantitative estimate of drug-likeness (QED) is 0.864. The van der Waals surface area contributed by atoms with Crippen LogP contribution in [-0.4, -0.2) is 62.4 Å². The molecule has 1 N–H and O–H groups in total. The minimum absolute atomic E-state index is 0.0820. The van der Waals surface area contributed by atoms with Crippen molar-refractivity contribution in [3.05, 3.63) is 24.0 Å². The second kappa shape index (κ2) is 5.99. The maximum Gasteiger partial charge on any atom is 0.272 e. The third-order valence-corrected chi connectivity index (χ3v) is 3.38. The van der Waals surface area contributed by atoms with Crippen LogP contribution in [0, 0.1) is 0 Å². The molecule has 2 unspecified atom stereocenters. The molecule has 0 bridgehead atoms. The maximum atomic E-state index is 12.4. The number of nitrogens with one attached hydrogen (secondary N) is 1. The molecule has 1 fully saturated rings. The zero-order valence-electron chi connectivity index (χ0n) is 11.4. The van der Waals surface area contributed by atoms with Gasteiger partial charge in [-0.25, -0.2) is 0 Å². The fraction of sp³-hybridized carbons (Fsp3) is 0.538. The zero-order valence-corrected chi connectivity index (χ0v) is 11.4. The van der Waals surface area contributed by atoms with Gasteiger partial charge in [-0.1, -0.05) is 0 Å². The molecule has 104 valence electrons. The molecule has 2 rings (SSSR count). The van der Waals surface area contributed by atoms with Gasteiger partial charge in [0.15, 0.2) is 0 Å². The van der Waals surface area contributed by atoms with Crippen molar-refractivity contribution >= 4 is 11.6 Å². The van der Waals surface area contributed by atoms with Crippen molar-refractivity contribution in [2.45, 2.75) is 12.2 Å². The second-order valence-corrected chi connectivity index (χ2v) is 4.44. The predicted octanol–water partition coefficient (Wildman–Crippen LogP) is 0.609. The van der Waals surface area contributed by atoms with Crippen LogP contribution in [0.15, 0.2) is 18.3 Å². The first-order chi connectivity index (χ1) is 9.19. The number of likely N-dealkylation sites (tertiary alicyclic amines) is 1. The van der Waals surface area contributed by atoms with Crippen molar-refractivity contribution in [3.8, 4) is 0 Å². The zero-order chi connectivity index (χ0) is 13.8. The minimum Gasteiger partial charge on any atom is -0.388 e. The molecular formula is C13H19N3O3. The number of amides is 1. The summed E-state index contributed by atoms with van der Waals surface area (Å²) >= 11 is 0. The Morgan fingerprint density at radius 3 is 2.53 bits per heavy atom. The lowest BCUT2D eigenvalue weighted by atomic mass is 10.3. The number of hydrogen-bond donors (Lipinski definition) is 1. The van der Waals surface area contributed by atoms with Crippen molar-refractivity contribution in [1.29, 1.82) is 0 Å². The van der Waals surface area contributed by atoms with Gasteiger partial charge in [-0.2, -0.15) is 0 Å². The van der Waals surface area contributed by atoms with Gasteiger partial charge in [-0.3, -0.25) is 9.78 Å². The van der Waals surface area contributed by atoms with Gasteiger partial charge in [0.2, 0.25) is 0 Å². The first kappa shape index (κ1) is 13.8. The van der Waals surface area contributed by atoms with Crippen LogP contribution < -0.4 is 5.32 Å². The van der Waals surface area contributed by atoms with E-state index >= 15 is 0 Å². The molecule has 0 aliphatic carbocycles. The summed E-state index contributed by atoms with van der Waals surface area (Å²) < 4.78 is 10.6. The van der Waals surface area contributed by atoms with Gasteiger partial charge >= 0.3 is 0 Å².